The second-order valence-electron chi connectivity index (χ2n) is 7.94. The summed E-state index contributed by atoms with van der Waals surface area (Å²) in [5, 5.41) is 0. The van der Waals surface area contributed by atoms with Crippen LogP contribution in [0, 0.1) is 93.1 Å². The van der Waals surface area contributed by atoms with E-state index in [2.05, 4.69) is 0 Å². The van der Waals surface area contributed by atoms with Gasteiger partial charge in [0.2, 0.25) is 69.3 Å². The van der Waals surface area contributed by atoms with Gasteiger partial charge in [0.1, 0.15) is 0 Å². The molecule has 4 aromatic carbocycles. The van der Waals surface area contributed by atoms with E-state index < -0.39 is 145 Å². The van der Waals surface area contributed by atoms with Crippen LogP contribution >= 0.6 is 0 Å². The highest BCUT2D eigenvalue weighted by Crippen LogP contribution is 2.59. The van der Waals surface area contributed by atoms with E-state index in [-0.39, 0.29) is 0 Å². The van der Waals surface area contributed by atoms with Crippen LogP contribution in [0.1, 0.15) is 0 Å². The van der Waals surface area contributed by atoms with Crippen LogP contribution in [0.5, 0.6) is 0 Å². The van der Waals surface area contributed by atoms with Gasteiger partial charge in [0.25, 0.3) is 0 Å². The van der Waals surface area contributed by atoms with Crippen molar-refractivity contribution >= 4 is 22.7 Å². The number of quaternary nitrogens is 1. The molecule has 0 bridgehead atoms. The Kier molecular flexibility index (Phi) is 7.22. The molecule has 0 radical (unpaired) electrons. The SMILES string of the molecule is Fc1cc(F)c([N+](c2c(F)cc(F)c(F)c2F)(c2c(F)cc(F)c(F)c2F)c2c(F)cc(F)c(F)c2F)c(F)c1F. The lowest BCUT2D eigenvalue weighted by molar-refractivity contribution is 0.370. The predicted octanol–water partition coefficient (Wildman–Crippen LogP) is 9.21. The summed E-state index contributed by atoms with van der Waals surface area (Å²) in [6, 6.07) is -3.05. The number of benzene rings is 4. The lowest BCUT2D eigenvalue weighted by atomic mass is 10.0. The van der Waals surface area contributed by atoms with Crippen molar-refractivity contribution in [3.05, 3.63) is 117 Å². The molecule has 0 heterocycles. The fourth-order valence-electron chi connectivity index (χ4n) is 4.13. The zero-order valence-corrected chi connectivity index (χ0v) is 18.8. The van der Waals surface area contributed by atoms with Gasteiger partial charge >= 0.3 is 0 Å². The van der Waals surface area contributed by atoms with Crippen molar-refractivity contribution in [3.8, 4) is 0 Å². The third kappa shape index (κ3) is 4.08. The molecular weight excluding hydrogens is 606 g/mol. The fraction of sp³-hybridized carbons (Fsp3) is 0. The van der Waals surface area contributed by atoms with E-state index in [1.165, 1.54) is 0 Å². The highest BCUT2D eigenvalue weighted by molar-refractivity contribution is 5.84. The summed E-state index contributed by atoms with van der Waals surface area (Å²) in [7, 11) is 0. The number of nitrogens with zero attached hydrogens (tertiary/aromatic N) is 1. The maximum absolute atomic E-state index is 15.3. The van der Waals surface area contributed by atoms with Gasteiger partial charge < -0.3 is 0 Å². The highest BCUT2D eigenvalue weighted by Gasteiger charge is 2.57. The first-order valence-corrected chi connectivity index (χ1v) is 10.2. The molecule has 0 fully saturated rings. The quantitative estimate of drug-likeness (QED) is 0.0936. The van der Waals surface area contributed by atoms with Crippen molar-refractivity contribution in [1.82, 2.24) is 4.48 Å². The second-order valence-corrected chi connectivity index (χ2v) is 7.94. The van der Waals surface area contributed by atoms with Crippen molar-refractivity contribution in [3.63, 3.8) is 0 Å². The molecule has 4 rings (SSSR count). The van der Waals surface area contributed by atoms with Gasteiger partial charge in [0, 0.05) is 24.3 Å². The van der Waals surface area contributed by atoms with E-state index in [9.17, 15) is 35.1 Å². The molecule has 0 aromatic heterocycles. The summed E-state index contributed by atoms with van der Waals surface area (Å²) in [5.41, 5.74) is -11.4. The van der Waals surface area contributed by atoms with Gasteiger partial charge in [-0.2, -0.15) is 22.0 Å². The van der Waals surface area contributed by atoms with Crippen LogP contribution in [0.15, 0.2) is 24.3 Å². The van der Waals surface area contributed by atoms with E-state index in [1.54, 1.807) is 0 Å². The lowest BCUT2D eigenvalue weighted by Crippen LogP contribution is -2.41. The summed E-state index contributed by atoms with van der Waals surface area (Å²) in [5.74, 6) is -45.7. The fourth-order valence-corrected chi connectivity index (χ4v) is 4.13. The number of halogens is 16. The molecule has 41 heavy (non-hydrogen) atoms. The monoisotopic (exact) mass is 610 g/mol. The Balaban J connectivity index is 2.57. The Morgan fingerprint density at radius 1 is 0.244 bits per heavy atom. The van der Waals surface area contributed by atoms with Crippen LogP contribution in [-0.2, 0) is 0 Å². The molecule has 0 spiro atoms. The molecule has 17 heteroatoms. The van der Waals surface area contributed by atoms with Crippen LogP contribution in [0.3, 0.4) is 0 Å². The zero-order chi connectivity index (χ0) is 30.9. The standard InChI is InChI=1S/C24H4F16N/c25-5-1-9(29)21(17(37)13(5)33)41(22-10(30)2-6(26)14(34)18(22)38,23-11(31)3-7(27)15(35)19(23)39)24-12(32)4-8(28)16(36)20(24)40/h1-4H/q+1. The Morgan fingerprint density at radius 3 is 0.585 bits per heavy atom. The van der Waals surface area contributed by atoms with Crippen molar-refractivity contribution < 1.29 is 70.2 Å². The van der Waals surface area contributed by atoms with Gasteiger partial charge in [-0.15, -0.1) is 0 Å². The van der Waals surface area contributed by atoms with Gasteiger partial charge in [0.15, 0.2) is 46.5 Å². The highest BCUT2D eigenvalue weighted by atomic mass is 19.2. The topological polar surface area (TPSA) is 0 Å². The van der Waals surface area contributed by atoms with Gasteiger partial charge in [0.05, 0.1) is 0 Å². The van der Waals surface area contributed by atoms with E-state index in [0.29, 0.717) is 0 Å². The van der Waals surface area contributed by atoms with Crippen molar-refractivity contribution in [2.45, 2.75) is 0 Å². The third-order valence-corrected chi connectivity index (χ3v) is 5.70. The van der Waals surface area contributed by atoms with E-state index in [1.807, 2.05) is 0 Å². The summed E-state index contributed by atoms with van der Waals surface area (Å²) in [6.45, 7) is 0. The molecule has 4 aromatic rings. The minimum Gasteiger partial charge on any atom is -0.204 e. The van der Waals surface area contributed by atoms with E-state index in [4.69, 9.17) is 0 Å². The summed E-state index contributed by atoms with van der Waals surface area (Å²) < 4.78 is 231. The molecule has 0 aliphatic carbocycles. The third-order valence-electron chi connectivity index (χ3n) is 5.70. The number of hydrogen-bond donors (Lipinski definition) is 0. The molecule has 216 valence electrons. The first kappa shape index (κ1) is 29.7. The molecule has 0 atom stereocenters. The molecule has 0 saturated carbocycles. The summed E-state index contributed by atoms with van der Waals surface area (Å²) in [4.78, 5) is 0. The Labute approximate surface area is 215 Å². The largest absolute Gasteiger partial charge is 0.226 e. The molecular formula is C24H4F16N+. The van der Waals surface area contributed by atoms with Crippen molar-refractivity contribution in [2.75, 3.05) is 0 Å². The number of hydrogen-bond acceptors (Lipinski definition) is 0. The van der Waals surface area contributed by atoms with Crippen LogP contribution in [0.2, 0.25) is 0 Å². The van der Waals surface area contributed by atoms with E-state index >= 15 is 35.1 Å². The van der Waals surface area contributed by atoms with Crippen LogP contribution in [0.4, 0.5) is 93.0 Å². The van der Waals surface area contributed by atoms with Crippen molar-refractivity contribution in [2.24, 2.45) is 0 Å². The molecule has 0 amide bonds. The van der Waals surface area contributed by atoms with Gasteiger partial charge in [-0.1, -0.05) is 0 Å². The summed E-state index contributed by atoms with van der Waals surface area (Å²) >= 11 is 0. The molecule has 0 aliphatic heterocycles. The average molecular weight is 610 g/mol. The van der Waals surface area contributed by atoms with Crippen LogP contribution < -0.4 is 4.48 Å². The first-order chi connectivity index (χ1) is 19.0. The molecule has 0 saturated heterocycles. The molecule has 0 N–H and O–H groups in total. The smallest absolute Gasteiger partial charge is 0.204 e. The predicted molar refractivity (Wildman–Crippen MR) is 106 cm³/mol. The van der Waals surface area contributed by atoms with Crippen LogP contribution in [-0.4, -0.2) is 0 Å². The van der Waals surface area contributed by atoms with E-state index in [0.717, 1.165) is 0 Å². The molecule has 1 nitrogen and oxygen atoms in total. The van der Waals surface area contributed by atoms with Gasteiger partial charge in [-0.3, -0.25) is 0 Å². The van der Waals surface area contributed by atoms with Gasteiger partial charge in [-0.25, -0.2) is 52.7 Å². The maximum Gasteiger partial charge on any atom is 0.226 e. The van der Waals surface area contributed by atoms with Gasteiger partial charge in [-0.05, 0) is 0 Å². The van der Waals surface area contributed by atoms with Crippen LogP contribution in [0.25, 0.3) is 0 Å². The minimum absolute atomic E-state index is 0.762. The van der Waals surface area contributed by atoms with Crippen molar-refractivity contribution in [1.29, 1.82) is 0 Å². The maximum atomic E-state index is 15.3. The molecule has 0 unspecified atom stereocenters. The second kappa shape index (κ2) is 9.97. The first-order valence-electron chi connectivity index (χ1n) is 10.2. The molecule has 0 aliphatic rings. The minimum atomic E-state index is -4.02. The summed E-state index contributed by atoms with van der Waals surface area (Å²) in [6.07, 6.45) is 0. The average Bonchev–Trinajstić information content (AvgIpc) is 2.87. The zero-order valence-electron chi connectivity index (χ0n) is 18.8. The Bertz CT molecular complexity index is 1510. The number of rotatable bonds is 4. The normalized spacial score (nSPS) is 11.9. The Hall–Kier alpha value is -4.28. The Morgan fingerprint density at radius 2 is 0.415 bits per heavy atom. The lowest BCUT2D eigenvalue weighted by Gasteiger charge is -2.37.